The number of fused-ring (bicyclic) bond motifs is 1. The van der Waals surface area contributed by atoms with Gasteiger partial charge in [-0.05, 0) is 47.9 Å². The first-order valence-corrected chi connectivity index (χ1v) is 11.8. The zero-order chi connectivity index (χ0) is 24.2. The maximum Gasteiger partial charge on any atom is 0.341 e. The molecule has 0 saturated heterocycles. The fraction of sp³-hybridized carbons (Fsp3) is 0.480. The van der Waals surface area contributed by atoms with E-state index in [1.807, 2.05) is 24.3 Å². The summed E-state index contributed by atoms with van der Waals surface area (Å²) in [4.78, 5) is 38.1. The smallest absolute Gasteiger partial charge is 0.341 e. The van der Waals surface area contributed by atoms with Gasteiger partial charge in [0.1, 0.15) is 10.8 Å². The number of aryl methyl sites for hydroxylation is 1. The van der Waals surface area contributed by atoms with Gasteiger partial charge in [-0.2, -0.15) is 0 Å². The Kier molecular flexibility index (Phi) is 7.79. The summed E-state index contributed by atoms with van der Waals surface area (Å²) in [5.74, 6) is -0.928. The molecule has 0 aliphatic heterocycles. The number of amides is 1. The maximum absolute atomic E-state index is 12.5. The number of hydrogen-bond acceptors (Lipinski definition) is 7. The van der Waals surface area contributed by atoms with E-state index < -0.39 is 11.9 Å². The minimum absolute atomic E-state index is 0.0819. The SMILES string of the molecule is COC(=O)c1c(NC(=O)CCCOc2ccc(C(C)(C)C)cc2)sc2c1[C@@H](C(=O)OC)CC2. The third kappa shape index (κ3) is 5.74. The van der Waals surface area contributed by atoms with Crippen LogP contribution in [0.1, 0.15) is 72.3 Å². The zero-order valence-corrected chi connectivity index (χ0v) is 20.6. The van der Waals surface area contributed by atoms with Crippen LogP contribution >= 0.6 is 11.3 Å². The van der Waals surface area contributed by atoms with E-state index in [9.17, 15) is 14.4 Å². The van der Waals surface area contributed by atoms with Crippen LogP contribution in [0.25, 0.3) is 0 Å². The molecule has 1 N–H and O–H groups in total. The average molecular weight is 474 g/mol. The van der Waals surface area contributed by atoms with E-state index in [2.05, 4.69) is 26.1 Å². The van der Waals surface area contributed by atoms with Gasteiger partial charge in [0.15, 0.2) is 0 Å². The number of ether oxygens (including phenoxy) is 3. The molecule has 3 rings (SSSR count). The largest absolute Gasteiger partial charge is 0.494 e. The van der Waals surface area contributed by atoms with Gasteiger partial charge in [-0.15, -0.1) is 11.3 Å². The van der Waals surface area contributed by atoms with E-state index in [1.54, 1.807) is 0 Å². The first-order valence-electron chi connectivity index (χ1n) is 11.0. The molecule has 178 valence electrons. The van der Waals surface area contributed by atoms with Crippen LogP contribution in [0.3, 0.4) is 0 Å². The Morgan fingerprint density at radius 3 is 2.39 bits per heavy atom. The lowest BCUT2D eigenvalue weighted by Crippen LogP contribution is -2.18. The molecule has 1 aliphatic rings. The van der Waals surface area contributed by atoms with E-state index in [4.69, 9.17) is 14.2 Å². The van der Waals surface area contributed by atoms with Crippen LogP contribution in [0.4, 0.5) is 5.00 Å². The number of nitrogens with one attached hydrogen (secondary N) is 1. The number of anilines is 1. The second-order valence-corrected chi connectivity index (χ2v) is 10.1. The molecule has 0 spiro atoms. The minimum atomic E-state index is -0.569. The molecule has 0 saturated carbocycles. The molecule has 33 heavy (non-hydrogen) atoms. The molecular weight excluding hydrogens is 442 g/mol. The van der Waals surface area contributed by atoms with Gasteiger partial charge in [-0.25, -0.2) is 4.79 Å². The number of carbonyl (C=O) groups is 3. The van der Waals surface area contributed by atoms with E-state index in [0.29, 0.717) is 36.4 Å². The van der Waals surface area contributed by atoms with Crippen molar-refractivity contribution in [2.24, 2.45) is 0 Å². The summed E-state index contributed by atoms with van der Waals surface area (Å²) in [5, 5.41) is 3.25. The Morgan fingerprint density at radius 1 is 1.09 bits per heavy atom. The van der Waals surface area contributed by atoms with E-state index in [1.165, 1.54) is 31.1 Å². The topological polar surface area (TPSA) is 90.9 Å². The fourth-order valence-electron chi connectivity index (χ4n) is 3.90. The molecule has 0 bridgehead atoms. The number of rotatable bonds is 8. The van der Waals surface area contributed by atoms with Crippen LogP contribution in [-0.2, 0) is 30.9 Å². The number of hydrogen-bond donors (Lipinski definition) is 1. The second kappa shape index (κ2) is 10.4. The fourth-order valence-corrected chi connectivity index (χ4v) is 5.18. The molecule has 8 heteroatoms. The van der Waals surface area contributed by atoms with Gasteiger partial charge in [-0.1, -0.05) is 32.9 Å². The van der Waals surface area contributed by atoms with Crippen molar-refractivity contribution in [2.75, 3.05) is 26.1 Å². The maximum atomic E-state index is 12.5. The Hall–Kier alpha value is -2.87. The highest BCUT2D eigenvalue weighted by Gasteiger charge is 2.38. The Morgan fingerprint density at radius 2 is 1.79 bits per heavy atom. The summed E-state index contributed by atoms with van der Waals surface area (Å²) in [5.41, 5.74) is 2.19. The van der Waals surface area contributed by atoms with E-state index >= 15 is 0 Å². The molecule has 1 aromatic carbocycles. The molecular formula is C25H31NO6S. The predicted octanol–water partition coefficient (Wildman–Crippen LogP) is 4.83. The van der Waals surface area contributed by atoms with Crippen molar-refractivity contribution in [3.05, 3.63) is 45.8 Å². The lowest BCUT2D eigenvalue weighted by atomic mass is 9.87. The summed E-state index contributed by atoms with van der Waals surface area (Å²) < 4.78 is 15.6. The number of thiophene rings is 1. The quantitative estimate of drug-likeness (QED) is 0.436. The molecule has 0 fully saturated rings. The third-order valence-corrected chi connectivity index (χ3v) is 6.88. The molecule has 2 aromatic rings. The van der Waals surface area contributed by atoms with Gasteiger partial charge < -0.3 is 19.5 Å². The lowest BCUT2D eigenvalue weighted by Gasteiger charge is -2.19. The van der Waals surface area contributed by atoms with Crippen LogP contribution in [0.5, 0.6) is 5.75 Å². The summed E-state index contributed by atoms with van der Waals surface area (Å²) >= 11 is 1.32. The number of esters is 2. The van der Waals surface area contributed by atoms with E-state index in [0.717, 1.165) is 10.6 Å². The Bertz CT molecular complexity index is 1020. The predicted molar refractivity (Wildman–Crippen MR) is 127 cm³/mol. The van der Waals surface area contributed by atoms with Crippen molar-refractivity contribution in [1.82, 2.24) is 0 Å². The highest BCUT2D eigenvalue weighted by atomic mass is 32.1. The van der Waals surface area contributed by atoms with E-state index in [-0.39, 0.29) is 29.3 Å². The van der Waals surface area contributed by atoms with Crippen LogP contribution in [0.2, 0.25) is 0 Å². The monoisotopic (exact) mass is 473 g/mol. The molecule has 1 aromatic heterocycles. The number of carbonyl (C=O) groups excluding carboxylic acids is 3. The molecule has 1 amide bonds. The molecule has 1 aliphatic carbocycles. The summed E-state index contributed by atoms with van der Waals surface area (Å²) in [6.07, 6.45) is 2.00. The van der Waals surface area contributed by atoms with Crippen molar-refractivity contribution in [1.29, 1.82) is 0 Å². The highest BCUT2D eigenvalue weighted by Crippen LogP contribution is 2.45. The van der Waals surface area contributed by atoms with Crippen molar-refractivity contribution in [3.8, 4) is 5.75 Å². The Balaban J connectivity index is 1.58. The van der Waals surface area contributed by atoms with Gasteiger partial charge in [0, 0.05) is 11.3 Å². The average Bonchev–Trinajstić information content (AvgIpc) is 3.34. The molecule has 1 atom stereocenters. The van der Waals surface area contributed by atoms with Gasteiger partial charge in [0.25, 0.3) is 0 Å². The summed E-state index contributed by atoms with van der Waals surface area (Å²) in [7, 11) is 2.61. The second-order valence-electron chi connectivity index (χ2n) is 9.02. The Labute approximate surface area is 198 Å². The van der Waals surface area contributed by atoms with Gasteiger partial charge >= 0.3 is 11.9 Å². The lowest BCUT2D eigenvalue weighted by molar-refractivity contribution is -0.142. The first-order chi connectivity index (χ1) is 15.7. The summed E-state index contributed by atoms with van der Waals surface area (Å²) in [6, 6.07) is 7.98. The van der Waals surface area contributed by atoms with Gasteiger partial charge in [-0.3, -0.25) is 9.59 Å². The number of benzene rings is 1. The molecule has 0 radical (unpaired) electrons. The van der Waals surface area contributed by atoms with Crippen LogP contribution in [0.15, 0.2) is 24.3 Å². The molecule has 1 heterocycles. The van der Waals surface area contributed by atoms with Crippen molar-refractivity contribution in [2.45, 2.75) is 57.8 Å². The van der Waals surface area contributed by atoms with Gasteiger partial charge in [0.2, 0.25) is 5.91 Å². The van der Waals surface area contributed by atoms with Crippen molar-refractivity contribution in [3.63, 3.8) is 0 Å². The highest BCUT2D eigenvalue weighted by molar-refractivity contribution is 7.17. The van der Waals surface area contributed by atoms with Crippen molar-refractivity contribution < 1.29 is 28.6 Å². The van der Waals surface area contributed by atoms with Crippen LogP contribution in [0, 0.1) is 0 Å². The third-order valence-electron chi connectivity index (χ3n) is 5.70. The van der Waals surface area contributed by atoms with Crippen molar-refractivity contribution >= 4 is 34.2 Å². The van der Waals surface area contributed by atoms with Gasteiger partial charge in [0.05, 0.1) is 32.3 Å². The standard InChI is InChI=1S/C25H31NO6S/c1-25(2,3)15-8-10-16(11-9-15)32-14-6-7-19(27)26-22-21(24(29)31-5)20-17(23(28)30-4)12-13-18(20)33-22/h8-11,17H,6-7,12-14H2,1-5H3,(H,26,27)/t17-/m0/s1. The molecule has 0 unspecified atom stereocenters. The van der Waals surface area contributed by atoms with Crippen LogP contribution in [-0.4, -0.2) is 38.7 Å². The first kappa shape index (κ1) is 24.8. The molecule has 7 nitrogen and oxygen atoms in total. The summed E-state index contributed by atoms with van der Waals surface area (Å²) in [6.45, 7) is 6.87. The van der Waals surface area contributed by atoms with Crippen LogP contribution < -0.4 is 10.1 Å². The minimum Gasteiger partial charge on any atom is -0.494 e. The number of methoxy groups -OCH3 is 2. The normalized spacial score (nSPS) is 15.0. The zero-order valence-electron chi connectivity index (χ0n) is 19.8.